The van der Waals surface area contributed by atoms with Crippen LogP contribution in [0.25, 0.3) is 6.08 Å². The fraction of sp³-hybridized carbons (Fsp3) is 0.308. The van der Waals surface area contributed by atoms with E-state index in [1.165, 1.54) is 7.11 Å². The highest BCUT2D eigenvalue weighted by atomic mass is 127. The Labute approximate surface area is 115 Å². The second kappa shape index (κ2) is 8.11. The summed E-state index contributed by atoms with van der Waals surface area (Å²) in [5.41, 5.74) is 1.04. The molecule has 0 unspecified atom stereocenters. The van der Waals surface area contributed by atoms with Gasteiger partial charge in [0.15, 0.2) is 0 Å². The van der Waals surface area contributed by atoms with Crippen LogP contribution in [0.1, 0.15) is 18.4 Å². The van der Waals surface area contributed by atoms with Gasteiger partial charge < -0.3 is 9.47 Å². The van der Waals surface area contributed by atoms with Gasteiger partial charge in [0.05, 0.1) is 13.7 Å². The van der Waals surface area contributed by atoms with Crippen molar-refractivity contribution in [3.63, 3.8) is 0 Å². The molecule has 0 N–H and O–H groups in total. The Morgan fingerprint density at radius 1 is 1.41 bits per heavy atom. The van der Waals surface area contributed by atoms with Crippen molar-refractivity contribution < 1.29 is 14.3 Å². The van der Waals surface area contributed by atoms with Gasteiger partial charge in [0.1, 0.15) is 5.75 Å². The van der Waals surface area contributed by atoms with Crippen LogP contribution in [0.3, 0.4) is 0 Å². The van der Waals surface area contributed by atoms with Gasteiger partial charge in [-0.3, -0.25) is 4.79 Å². The average molecular weight is 346 g/mol. The highest BCUT2D eigenvalue weighted by Crippen LogP contribution is 2.20. The smallest absolute Gasteiger partial charge is 0.305 e. The maximum Gasteiger partial charge on any atom is 0.305 e. The molecule has 0 saturated heterocycles. The number of carbonyl (C=O) groups is 1. The Kier molecular flexibility index (Phi) is 6.69. The molecule has 1 aromatic carbocycles. The zero-order chi connectivity index (χ0) is 12.5. The lowest BCUT2D eigenvalue weighted by atomic mass is 10.2. The van der Waals surface area contributed by atoms with E-state index in [1.54, 1.807) is 0 Å². The molecular weight excluding hydrogens is 331 g/mol. The molecule has 1 aromatic rings. The maximum atomic E-state index is 10.9. The third-order valence-electron chi connectivity index (χ3n) is 2.17. The number of methoxy groups -OCH3 is 1. The number of halogens is 1. The van der Waals surface area contributed by atoms with E-state index in [4.69, 9.17) is 4.74 Å². The Balaban J connectivity index is 2.43. The first-order valence-electron chi connectivity index (χ1n) is 5.33. The first kappa shape index (κ1) is 14.0. The van der Waals surface area contributed by atoms with Crippen molar-refractivity contribution in [2.45, 2.75) is 12.8 Å². The molecule has 0 aliphatic rings. The van der Waals surface area contributed by atoms with Gasteiger partial charge in [-0.1, -0.05) is 40.8 Å². The molecule has 0 amide bonds. The topological polar surface area (TPSA) is 35.5 Å². The standard InChI is InChI=1S/C13H15IO3/c1-16-13(15)7-4-10-17-12-6-3-2-5-11(12)8-9-14/h2-3,5-6,8-9H,4,7,10H2,1H3/b9-8+. The molecule has 0 aliphatic carbocycles. The van der Waals surface area contributed by atoms with Crippen LogP contribution in [-0.2, 0) is 9.53 Å². The van der Waals surface area contributed by atoms with Crippen molar-refractivity contribution in [1.82, 2.24) is 0 Å². The number of esters is 1. The van der Waals surface area contributed by atoms with Gasteiger partial charge in [0, 0.05) is 12.0 Å². The van der Waals surface area contributed by atoms with Crippen molar-refractivity contribution in [3.8, 4) is 5.75 Å². The van der Waals surface area contributed by atoms with Gasteiger partial charge in [0.25, 0.3) is 0 Å². The van der Waals surface area contributed by atoms with E-state index < -0.39 is 0 Å². The highest BCUT2D eigenvalue weighted by Gasteiger charge is 2.02. The van der Waals surface area contributed by atoms with Crippen molar-refractivity contribution in [2.24, 2.45) is 0 Å². The van der Waals surface area contributed by atoms with Crippen LogP contribution in [0.15, 0.2) is 28.3 Å². The number of ether oxygens (including phenoxy) is 2. The van der Waals surface area contributed by atoms with Gasteiger partial charge in [-0.05, 0) is 22.6 Å². The fourth-order valence-corrected chi connectivity index (χ4v) is 1.71. The normalized spacial score (nSPS) is 10.5. The summed E-state index contributed by atoms with van der Waals surface area (Å²) in [5, 5.41) is 0. The molecule has 0 saturated carbocycles. The van der Waals surface area contributed by atoms with Gasteiger partial charge in [-0.25, -0.2) is 0 Å². The largest absolute Gasteiger partial charge is 0.493 e. The van der Waals surface area contributed by atoms with E-state index in [0.717, 1.165) is 11.3 Å². The first-order valence-corrected chi connectivity index (χ1v) is 6.58. The van der Waals surface area contributed by atoms with Gasteiger partial charge in [0.2, 0.25) is 0 Å². The zero-order valence-electron chi connectivity index (χ0n) is 9.69. The van der Waals surface area contributed by atoms with Crippen LogP contribution < -0.4 is 4.74 Å². The van der Waals surface area contributed by atoms with E-state index in [9.17, 15) is 4.79 Å². The Bertz CT molecular complexity index is 388. The quantitative estimate of drug-likeness (QED) is 0.450. The molecule has 0 heterocycles. The number of carbonyl (C=O) groups excluding carboxylic acids is 1. The summed E-state index contributed by atoms with van der Waals surface area (Å²) in [5.74, 6) is 0.638. The number of hydrogen-bond acceptors (Lipinski definition) is 3. The molecule has 0 aromatic heterocycles. The summed E-state index contributed by atoms with van der Waals surface area (Å²) in [6.45, 7) is 0.515. The average Bonchev–Trinajstić information content (AvgIpc) is 2.36. The second-order valence-electron chi connectivity index (χ2n) is 3.36. The van der Waals surface area contributed by atoms with Crippen LogP contribution in [0, 0.1) is 0 Å². The molecule has 0 bridgehead atoms. The van der Waals surface area contributed by atoms with Crippen LogP contribution in [0.2, 0.25) is 0 Å². The van der Waals surface area contributed by atoms with Crippen molar-refractivity contribution >= 4 is 34.6 Å². The highest BCUT2D eigenvalue weighted by molar-refractivity contribution is 14.1. The van der Waals surface area contributed by atoms with Crippen molar-refractivity contribution in [2.75, 3.05) is 13.7 Å². The lowest BCUT2D eigenvalue weighted by Crippen LogP contribution is -2.05. The molecule has 3 nitrogen and oxygen atoms in total. The van der Waals surface area contributed by atoms with Crippen molar-refractivity contribution in [3.05, 3.63) is 33.9 Å². The lowest BCUT2D eigenvalue weighted by Gasteiger charge is -2.08. The molecule has 0 aliphatic heterocycles. The maximum absolute atomic E-state index is 10.9. The molecular formula is C13H15IO3. The molecule has 0 fully saturated rings. The Hall–Kier alpha value is -1.04. The molecule has 92 valence electrons. The number of hydrogen-bond donors (Lipinski definition) is 0. The zero-order valence-corrected chi connectivity index (χ0v) is 11.8. The molecule has 17 heavy (non-hydrogen) atoms. The summed E-state index contributed by atoms with van der Waals surface area (Å²) < 4.78 is 12.1. The number of rotatable bonds is 6. The van der Waals surface area contributed by atoms with Crippen LogP contribution in [0.5, 0.6) is 5.75 Å². The Morgan fingerprint density at radius 3 is 2.88 bits per heavy atom. The molecule has 0 spiro atoms. The van der Waals surface area contributed by atoms with E-state index in [2.05, 4.69) is 27.3 Å². The lowest BCUT2D eigenvalue weighted by molar-refractivity contribution is -0.140. The van der Waals surface area contributed by atoms with E-state index in [0.29, 0.717) is 19.4 Å². The SMILES string of the molecule is COC(=O)CCCOc1ccccc1/C=C/I. The number of benzene rings is 1. The van der Waals surface area contributed by atoms with E-state index >= 15 is 0 Å². The number of para-hydroxylation sites is 1. The first-order chi connectivity index (χ1) is 8.27. The van der Waals surface area contributed by atoms with E-state index in [-0.39, 0.29) is 5.97 Å². The van der Waals surface area contributed by atoms with E-state index in [1.807, 2.05) is 34.4 Å². The molecule has 1 rings (SSSR count). The monoisotopic (exact) mass is 346 g/mol. The summed E-state index contributed by atoms with van der Waals surface area (Å²) >= 11 is 2.17. The minimum absolute atomic E-state index is 0.200. The predicted molar refractivity (Wildman–Crippen MR) is 76.2 cm³/mol. The summed E-state index contributed by atoms with van der Waals surface area (Å²) in [4.78, 5) is 10.9. The Morgan fingerprint density at radius 2 is 2.18 bits per heavy atom. The van der Waals surface area contributed by atoms with Gasteiger partial charge in [-0.2, -0.15) is 0 Å². The second-order valence-corrected chi connectivity index (χ2v) is 4.08. The van der Waals surface area contributed by atoms with Crippen LogP contribution in [0.4, 0.5) is 0 Å². The van der Waals surface area contributed by atoms with Crippen LogP contribution in [-0.4, -0.2) is 19.7 Å². The van der Waals surface area contributed by atoms with Crippen molar-refractivity contribution in [1.29, 1.82) is 0 Å². The van der Waals surface area contributed by atoms with Gasteiger partial charge in [-0.15, -0.1) is 0 Å². The minimum atomic E-state index is -0.200. The summed E-state index contributed by atoms with van der Waals surface area (Å²) in [7, 11) is 1.39. The fourth-order valence-electron chi connectivity index (χ4n) is 1.32. The summed E-state index contributed by atoms with van der Waals surface area (Å²) in [6, 6.07) is 7.81. The molecule has 0 atom stereocenters. The van der Waals surface area contributed by atoms with Gasteiger partial charge >= 0.3 is 5.97 Å². The third kappa shape index (κ3) is 5.21. The molecule has 4 heteroatoms. The third-order valence-corrected chi connectivity index (χ3v) is 2.53. The molecule has 0 radical (unpaired) electrons. The van der Waals surface area contributed by atoms with Crippen LogP contribution >= 0.6 is 22.6 Å². The summed E-state index contributed by atoms with van der Waals surface area (Å²) in [6.07, 6.45) is 3.03. The minimum Gasteiger partial charge on any atom is -0.493 e. The predicted octanol–water partition coefficient (Wildman–Crippen LogP) is 3.42.